The number of fused-ring (bicyclic) bond motifs is 1. The summed E-state index contributed by atoms with van der Waals surface area (Å²) in [7, 11) is 1.32. The van der Waals surface area contributed by atoms with E-state index in [1.54, 1.807) is 12.3 Å². The SMILES string of the molecule is COC(=O)c1nccc(N2Cc3ccccc3OC(C)C2)n1. The largest absolute Gasteiger partial charge is 0.489 e. The normalized spacial score (nSPS) is 17.2. The molecule has 1 aliphatic heterocycles. The number of benzene rings is 1. The van der Waals surface area contributed by atoms with Gasteiger partial charge in [-0.15, -0.1) is 0 Å². The van der Waals surface area contributed by atoms with E-state index in [4.69, 9.17) is 4.74 Å². The van der Waals surface area contributed by atoms with Crippen molar-refractivity contribution in [2.24, 2.45) is 0 Å². The van der Waals surface area contributed by atoms with E-state index in [2.05, 4.69) is 19.6 Å². The molecule has 114 valence electrons. The van der Waals surface area contributed by atoms with E-state index >= 15 is 0 Å². The third kappa shape index (κ3) is 2.86. The third-order valence-corrected chi connectivity index (χ3v) is 3.47. The maximum absolute atomic E-state index is 11.6. The van der Waals surface area contributed by atoms with Gasteiger partial charge in [0.1, 0.15) is 17.7 Å². The van der Waals surface area contributed by atoms with Crippen molar-refractivity contribution in [3.05, 3.63) is 47.9 Å². The minimum Gasteiger partial charge on any atom is -0.489 e. The first-order chi connectivity index (χ1) is 10.7. The number of carbonyl (C=O) groups is 1. The number of nitrogens with zero attached hydrogens (tertiary/aromatic N) is 3. The molecule has 0 saturated heterocycles. The van der Waals surface area contributed by atoms with Crippen molar-refractivity contribution in [1.82, 2.24) is 9.97 Å². The summed E-state index contributed by atoms with van der Waals surface area (Å²) in [5, 5.41) is 0. The van der Waals surface area contributed by atoms with Crippen LogP contribution in [0.25, 0.3) is 0 Å². The monoisotopic (exact) mass is 299 g/mol. The average Bonchev–Trinajstić information content (AvgIpc) is 2.72. The molecule has 0 amide bonds. The zero-order chi connectivity index (χ0) is 15.5. The highest BCUT2D eigenvalue weighted by Crippen LogP contribution is 2.27. The Labute approximate surface area is 128 Å². The number of para-hydroxylation sites is 1. The lowest BCUT2D eigenvalue weighted by Gasteiger charge is -2.23. The molecule has 3 rings (SSSR count). The highest BCUT2D eigenvalue weighted by atomic mass is 16.5. The summed E-state index contributed by atoms with van der Waals surface area (Å²) in [6.45, 7) is 3.35. The van der Waals surface area contributed by atoms with E-state index in [1.165, 1.54) is 7.11 Å². The van der Waals surface area contributed by atoms with Gasteiger partial charge in [-0.25, -0.2) is 14.8 Å². The van der Waals surface area contributed by atoms with Crippen LogP contribution in [0.3, 0.4) is 0 Å². The number of methoxy groups -OCH3 is 1. The second kappa shape index (κ2) is 6.01. The number of hydrogen-bond acceptors (Lipinski definition) is 6. The summed E-state index contributed by atoms with van der Waals surface area (Å²) in [6, 6.07) is 9.72. The quantitative estimate of drug-likeness (QED) is 0.791. The first kappa shape index (κ1) is 14.3. The van der Waals surface area contributed by atoms with E-state index in [1.807, 2.05) is 31.2 Å². The average molecular weight is 299 g/mol. The molecule has 0 fully saturated rings. The molecule has 6 heteroatoms. The molecule has 0 N–H and O–H groups in total. The summed E-state index contributed by atoms with van der Waals surface area (Å²) in [4.78, 5) is 21.9. The molecule has 0 saturated carbocycles. The fraction of sp³-hybridized carbons (Fsp3) is 0.312. The number of ether oxygens (including phenoxy) is 2. The van der Waals surface area contributed by atoms with E-state index in [0.717, 1.165) is 11.3 Å². The number of carbonyl (C=O) groups excluding carboxylic acids is 1. The lowest BCUT2D eigenvalue weighted by atomic mass is 10.2. The molecule has 1 aromatic carbocycles. The molecule has 2 heterocycles. The van der Waals surface area contributed by atoms with Crippen LogP contribution in [0.5, 0.6) is 5.75 Å². The highest BCUT2D eigenvalue weighted by Gasteiger charge is 2.22. The van der Waals surface area contributed by atoms with Crippen molar-refractivity contribution in [3.63, 3.8) is 0 Å². The van der Waals surface area contributed by atoms with Crippen LogP contribution in [0.15, 0.2) is 36.5 Å². The Morgan fingerprint density at radius 1 is 1.36 bits per heavy atom. The minimum atomic E-state index is -0.540. The molecule has 22 heavy (non-hydrogen) atoms. The van der Waals surface area contributed by atoms with Gasteiger partial charge in [0.2, 0.25) is 5.82 Å². The Bertz CT molecular complexity index is 690. The Morgan fingerprint density at radius 2 is 2.18 bits per heavy atom. The second-order valence-electron chi connectivity index (χ2n) is 5.15. The van der Waals surface area contributed by atoms with Crippen molar-refractivity contribution < 1.29 is 14.3 Å². The molecule has 1 aromatic heterocycles. The van der Waals surface area contributed by atoms with Gasteiger partial charge < -0.3 is 14.4 Å². The second-order valence-corrected chi connectivity index (χ2v) is 5.15. The molecular formula is C16H17N3O3. The number of aromatic nitrogens is 2. The van der Waals surface area contributed by atoms with Gasteiger partial charge >= 0.3 is 5.97 Å². The van der Waals surface area contributed by atoms with E-state index < -0.39 is 5.97 Å². The smallest absolute Gasteiger partial charge is 0.376 e. The Balaban J connectivity index is 1.93. The van der Waals surface area contributed by atoms with Crippen LogP contribution in [-0.2, 0) is 11.3 Å². The summed E-state index contributed by atoms with van der Waals surface area (Å²) >= 11 is 0. The van der Waals surface area contributed by atoms with Gasteiger partial charge in [0.05, 0.1) is 13.7 Å². The number of hydrogen-bond donors (Lipinski definition) is 0. The predicted octanol–water partition coefficient (Wildman–Crippen LogP) is 2.05. The molecule has 0 aliphatic carbocycles. The fourth-order valence-electron chi connectivity index (χ4n) is 2.47. The Hall–Kier alpha value is -2.63. The van der Waals surface area contributed by atoms with E-state index in [-0.39, 0.29) is 11.9 Å². The van der Waals surface area contributed by atoms with Crippen LogP contribution in [0.4, 0.5) is 5.82 Å². The first-order valence-corrected chi connectivity index (χ1v) is 7.08. The molecular weight excluding hydrogens is 282 g/mol. The highest BCUT2D eigenvalue weighted by molar-refractivity contribution is 5.85. The van der Waals surface area contributed by atoms with Gasteiger partial charge in [-0.2, -0.15) is 0 Å². The van der Waals surface area contributed by atoms with Crippen LogP contribution >= 0.6 is 0 Å². The molecule has 0 spiro atoms. The number of esters is 1. The van der Waals surface area contributed by atoms with Crippen molar-refractivity contribution in [3.8, 4) is 5.75 Å². The maximum Gasteiger partial charge on any atom is 0.376 e. The molecule has 0 bridgehead atoms. The van der Waals surface area contributed by atoms with Crippen molar-refractivity contribution in [1.29, 1.82) is 0 Å². The molecule has 2 aromatic rings. The number of rotatable bonds is 2. The predicted molar refractivity (Wildman–Crippen MR) is 81.0 cm³/mol. The maximum atomic E-state index is 11.6. The molecule has 1 aliphatic rings. The molecule has 0 radical (unpaired) electrons. The van der Waals surface area contributed by atoms with E-state index in [9.17, 15) is 4.79 Å². The lowest BCUT2D eigenvalue weighted by Crippen LogP contribution is -2.31. The van der Waals surface area contributed by atoms with Crippen molar-refractivity contribution >= 4 is 11.8 Å². The minimum absolute atomic E-state index is 0.0141. The third-order valence-electron chi connectivity index (χ3n) is 3.47. The van der Waals surface area contributed by atoms with Crippen molar-refractivity contribution in [2.45, 2.75) is 19.6 Å². The Morgan fingerprint density at radius 3 is 3.00 bits per heavy atom. The van der Waals surface area contributed by atoms with Gasteiger partial charge in [0, 0.05) is 18.3 Å². The topological polar surface area (TPSA) is 64.5 Å². The molecule has 1 unspecified atom stereocenters. The first-order valence-electron chi connectivity index (χ1n) is 7.08. The van der Waals surface area contributed by atoms with Crippen LogP contribution in [0.2, 0.25) is 0 Å². The van der Waals surface area contributed by atoms with Crippen LogP contribution in [0.1, 0.15) is 23.1 Å². The van der Waals surface area contributed by atoms with Gasteiger partial charge in [-0.05, 0) is 19.1 Å². The fourth-order valence-corrected chi connectivity index (χ4v) is 2.47. The van der Waals surface area contributed by atoms with Gasteiger partial charge in [0.25, 0.3) is 0 Å². The van der Waals surface area contributed by atoms with Crippen molar-refractivity contribution in [2.75, 3.05) is 18.6 Å². The van der Waals surface area contributed by atoms with Crippen LogP contribution < -0.4 is 9.64 Å². The summed E-state index contributed by atoms with van der Waals surface area (Å²) in [5.41, 5.74) is 1.09. The summed E-state index contributed by atoms with van der Waals surface area (Å²) < 4.78 is 10.6. The van der Waals surface area contributed by atoms with E-state index in [0.29, 0.717) is 18.9 Å². The van der Waals surface area contributed by atoms with Gasteiger partial charge in [-0.3, -0.25) is 0 Å². The number of anilines is 1. The van der Waals surface area contributed by atoms with Crippen LogP contribution in [0, 0.1) is 0 Å². The molecule has 6 nitrogen and oxygen atoms in total. The molecule has 1 atom stereocenters. The zero-order valence-electron chi connectivity index (χ0n) is 12.5. The van der Waals surface area contributed by atoms with Gasteiger partial charge in [0.15, 0.2) is 0 Å². The summed E-state index contributed by atoms with van der Waals surface area (Å²) in [6.07, 6.45) is 1.58. The van der Waals surface area contributed by atoms with Crippen LogP contribution in [-0.4, -0.2) is 35.7 Å². The summed E-state index contributed by atoms with van der Waals surface area (Å²) in [5.74, 6) is 1.09. The standard InChI is InChI=1S/C16H17N3O3/c1-11-9-19(10-12-5-3-4-6-13(12)22-11)14-7-8-17-15(18-14)16(20)21-2/h3-8,11H,9-10H2,1-2H3. The zero-order valence-corrected chi connectivity index (χ0v) is 12.5. The van der Waals surface area contributed by atoms with Gasteiger partial charge in [-0.1, -0.05) is 18.2 Å². The lowest BCUT2D eigenvalue weighted by molar-refractivity contribution is 0.0587. The Kier molecular flexibility index (Phi) is 3.91.